The maximum atomic E-state index is 14.4. The van der Waals surface area contributed by atoms with Crippen LogP contribution in [0.3, 0.4) is 0 Å². The van der Waals surface area contributed by atoms with Crippen molar-refractivity contribution in [3.05, 3.63) is 16.9 Å². The number of hydrogen-bond donors (Lipinski definition) is 2. The molecule has 1 fully saturated rings. The van der Waals surface area contributed by atoms with Crippen molar-refractivity contribution in [1.29, 1.82) is 0 Å². The minimum Gasteiger partial charge on any atom is -0.475 e. The zero-order chi connectivity index (χ0) is 18.1. The number of alkyl halides is 1. The number of anilines is 3. The zero-order valence-corrected chi connectivity index (χ0v) is 15.1. The second-order valence-corrected chi connectivity index (χ2v) is 6.71. The van der Waals surface area contributed by atoms with E-state index >= 15 is 0 Å². The van der Waals surface area contributed by atoms with Crippen LogP contribution in [0.25, 0.3) is 0 Å². The number of fused-ring (bicyclic) bond motifs is 3. The first kappa shape index (κ1) is 17.3. The number of nitrogens with zero attached hydrogens (tertiary/aromatic N) is 4. The van der Waals surface area contributed by atoms with Gasteiger partial charge in [0.1, 0.15) is 22.9 Å². The molecule has 2 aromatic rings. The van der Waals surface area contributed by atoms with E-state index in [0.29, 0.717) is 54.5 Å². The molecule has 2 aromatic heterocycles. The van der Waals surface area contributed by atoms with Crippen LogP contribution in [-0.2, 0) is 4.74 Å². The molecule has 0 spiro atoms. The van der Waals surface area contributed by atoms with Gasteiger partial charge >= 0.3 is 0 Å². The molecule has 2 aliphatic rings. The molecule has 4 rings (SSSR count). The molecule has 2 aliphatic heterocycles. The molecule has 2 unspecified atom stereocenters. The lowest BCUT2D eigenvalue weighted by Crippen LogP contribution is -2.32. The van der Waals surface area contributed by atoms with E-state index in [1.54, 1.807) is 4.68 Å². The Bertz CT molecular complexity index is 801. The van der Waals surface area contributed by atoms with Crippen molar-refractivity contribution in [2.45, 2.75) is 32.0 Å². The van der Waals surface area contributed by atoms with Gasteiger partial charge in [-0.15, -0.1) is 5.10 Å². The van der Waals surface area contributed by atoms with Gasteiger partial charge in [0.05, 0.1) is 25.1 Å². The van der Waals surface area contributed by atoms with Crippen molar-refractivity contribution in [3.8, 4) is 5.88 Å². The van der Waals surface area contributed by atoms with Crippen molar-refractivity contribution < 1.29 is 13.9 Å². The molecule has 0 aromatic carbocycles. The molecule has 2 atom stereocenters. The van der Waals surface area contributed by atoms with Gasteiger partial charge in [0.25, 0.3) is 5.88 Å². The van der Waals surface area contributed by atoms with Crippen molar-refractivity contribution >= 4 is 29.1 Å². The van der Waals surface area contributed by atoms with Crippen LogP contribution in [0.15, 0.2) is 6.20 Å². The summed E-state index contributed by atoms with van der Waals surface area (Å²) < 4.78 is 27.3. The van der Waals surface area contributed by atoms with Gasteiger partial charge in [-0.1, -0.05) is 11.6 Å². The average molecular weight is 383 g/mol. The smallest absolute Gasteiger partial charge is 0.257 e. The van der Waals surface area contributed by atoms with E-state index in [2.05, 4.69) is 25.7 Å². The summed E-state index contributed by atoms with van der Waals surface area (Å²) in [4.78, 5) is 8.60. The van der Waals surface area contributed by atoms with E-state index in [1.807, 2.05) is 6.92 Å². The van der Waals surface area contributed by atoms with Gasteiger partial charge in [0, 0.05) is 19.6 Å². The third-order valence-electron chi connectivity index (χ3n) is 4.51. The molecule has 8 nitrogen and oxygen atoms in total. The molecule has 2 bridgehead atoms. The standard InChI is InChI=1S/C16H20ClFN6O2/c1-9-13-15(23-24(9)12-8-25-6-3-11(12)18)26-5-2-4-19-14-10(17)7-20-16(21-13)22-14/h7,11-12H,2-6,8H2,1H3,(H2,19,20,21,22). The third kappa shape index (κ3) is 3.28. The van der Waals surface area contributed by atoms with Crippen LogP contribution in [0.5, 0.6) is 5.88 Å². The van der Waals surface area contributed by atoms with Crippen LogP contribution < -0.4 is 15.4 Å². The Kier molecular flexibility index (Phi) is 4.82. The summed E-state index contributed by atoms with van der Waals surface area (Å²) in [5.41, 5.74) is 1.36. The van der Waals surface area contributed by atoms with E-state index in [4.69, 9.17) is 21.1 Å². The first-order chi connectivity index (χ1) is 12.6. The van der Waals surface area contributed by atoms with E-state index in [9.17, 15) is 4.39 Å². The van der Waals surface area contributed by atoms with Crippen molar-refractivity contribution in [2.24, 2.45) is 0 Å². The summed E-state index contributed by atoms with van der Waals surface area (Å²) in [6.45, 7) is 3.68. The molecule has 2 N–H and O–H groups in total. The quantitative estimate of drug-likeness (QED) is 0.784. The SMILES string of the molecule is Cc1c2c(nn1C1COCCC1F)OCCCNc1nc(ncc1Cl)N2. The minimum absolute atomic E-state index is 0.286. The summed E-state index contributed by atoms with van der Waals surface area (Å²) in [6.07, 6.45) is 1.62. The van der Waals surface area contributed by atoms with Gasteiger partial charge in [-0.05, 0) is 13.3 Å². The Hall–Kier alpha value is -2.13. The molecule has 10 heteroatoms. The predicted molar refractivity (Wildman–Crippen MR) is 95.3 cm³/mol. The van der Waals surface area contributed by atoms with Crippen LogP contribution in [0.1, 0.15) is 24.6 Å². The van der Waals surface area contributed by atoms with Crippen LogP contribution in [0, 0.1) is 6.92 Å². The highest BCUT2D eigenvalue weighted by Gasteiger charge is 2.31. The molecule has 0 saturated carbocycles. The van der Waals surface area contributed by atoms with Gasteiger partial charge in [-0.3, -0.25) is 4.68 Å². The first-order valence-corrected chi connectivity index (χ1v) is 8.98. The first-order valence-electron chi connectivity index (χ1n) is 8.60. The Labute approximate surface area is 155 Å². The highest BCUT2D eigenvalue weighted by Crippen LogP contribution is 2.35. The van der Waals surface area contributed by atoms with E-state index in [-0.39, 0.29) is 6.61 Å². The van der Waals surface area contributed by atoms with Gasteiger partial charge in [-0.2, -0.15) is 4.98 Å². The largest absolute Gasteiger partial charge is 0.475 e. The summed E-state index contributed by atoms with van der Waals surface area (Å²) in [7, 11) is 0. The zero-order valence-electron chi connectivity index (χ0n) is 14.3. The Balaban J connectivity index is 1.72. The second kappa shape index (κ2) is 7.24. The van der Waals surface area contributed by atoms with Crippen LogP contribution >= 0.6 is 11.6 Å². The van der Waals surface area contributed by atoms with Crippen molar-refractivity contribution in [2.75, 3.05) is 37.0 Å². The highest BCUT2D eigenvalue weighted by atomic mass is 35.5. The van der Waals surface area contributed by atoms with Crippen LogP contribution in [-0.4, -0.2) is 52.3 Å². The fourth-order valence-electron chi connectivity index (χ4n) is 3.09. The van der Waals surface area contributed by atoms with Crippen LogP contribution in [0.2, 0.25) is 5.02 Å². The molecule has 0 aliphatic carbocycles. The molecule has 140 valence electrons. The number of halogens is 2. The van der Waals surface area contributed by atoms with Gasteiger partial charge in [0.15, 0.2) is 5.82 Å². The van der Waals surface area contributed by atoms with E-state index < -0.39 is 12.2 Å². The average Bonchev–Trinajstić information content (AvgIpc) is 2.92. The Morgan fingerprint density at radius 2 is 2.27 bits per heavy atom. The van der Waals surface area contributed by atoms with Gasteiger partial charge in [0.2, 0.25) is 5.95 Å². The molecular weight excluding hydrogens is 363 g/mol. The van der Waals surface area contributed by atoms with Crippen LogP contribution in [0.4, 0.5) is 21.8 Å². The fourth-order valence-corrected chi connectivity index (χ4v) is 3.25. The summed E-state index contributed by atoms with van der Waals surface area (Å²) in [5, 5.41) is 11.2. The molecule has 4 heterocycles. The van der Waals surface area contributed by atoms with Gasteiger partial charge < -0.3 is 20.1 Å². The Morgan fingerprint density at radius 1 is 1.38 bits per heavy atom. The van der Waals surface area contributed by atoms with Crippen molar-refractivity contribution in [1.82, 2.24) is 19.7 Å². The number of aromatic nitrogens is 4. The number of rotatable bonds is 1. The molecule has 1 saturated heterocycles. The number of hydrogen-bond acceptors (Lipinski definition) is 7. The topological polar surface area (TPSA) is 86.1 Å². The second-order valence-electron chi connectivity index (χ2n) is 6.30. The van der Waals surface area contributed by atoms with E-state index in [0.717, 1.165) is 12.1 Å². The minimum atomic E-state index is -1.01. The van der Waals surface area contributed by atoms with Gasteiger partial charge in [-0.25, -0.2) is 9.37 Å². The van der Waals surface area contributed by atoms with E-state index in [1.165, 1.54) is 6.20 Å². The predicted octanol–water partition coefficient (Wildman–Crippen LogP) is 2.87. The highest BCUT2D eigenvalue weighted by molar-refractivity contribution is 6.32. The maximum absolute atomic E-state index is 14.4. The summed E-state index contributed by atoms with van der Waals surface area (Å²) in [5.74, 6) is 1.33. The molecular formula is C16H20ClFN6O2. The fraction of sp³-hybridized carbons (Fsp3) is 0.562. The lowest BCUT2D eigenvalue weighted by Gasteiger charge is -2.27. The number of nitrogens with one attached hydrogen (secondary N) is 2. The monoisotopic (exact) mass is 382 g/mol. The lowest BCUT2D eigenvalue weighted by molar-refractivity contribution is 0.00232. The molecule has 0 radical (unpaired) electrons. The van der Waals surface area contributed by atoms with Crippen molar-refractivity contribution in [3.63, 3.8) is 0 Å². The molecule has 26 heavy (non-hydrogen) atoms. The summed E-state index contributed by atoms with van der Waals surface area (Å²) in [6, 6.07) is -0.474. The Morgan fingerprint density at radius 3 is 3.12 bits per heavy atom. The normalized spacial score (nSPS) is 23.0. The number of ether oxygens (including phenoxy) is 2. The molecule has 0 amide bonds. The summed E-state index contributed by atoms with van der Waals surface area (Å²) >= 11 is 6.13. The maximum Gasteiger partial charge on any atom is 0.257 e. The third-order valence-corrected chi connectivity index (χ3v) is 4.79. The lowest BCUT2D eigenvalue weighted by atomic mass is 10.1.